The molecule has 0 amide bonds. The first-order valence-corrected chi connectivity index (χ1v) is 5.96. The number of nitrogens with zero attached hydrogens (tertiary/aromatic N) is 1. The van der Waals surface area contributed by atoms with Gasteiger partial charge in [-0.3, -0.25) is 4.98 Å². The summed E-state index contributed by atoms with van der Waals surface area (Å²) in [6.45, 7) is 0.795. The van der Waals surface area contributed by atoms with E-state index >= 15 is 0 Å². The van der Waals surface area contributed by atoms with Crippen molar-refractivity contribution < 1.29 is 4.74 Å². The van der Waals surface area contributed by atoms with Crippen molar-refractivity contribution in [1.29, 1.82) is 0 Å². The summed E-state index contributed by atoms with van der Waals surface area (Å²) in [5.41, 5.74) is 0. The van der Waals surface area contributed by atoms with E-state index < -0.39 is 0 Å². The maximum atomic E-state index is 5.95. The topological polar surface area (TPSA) is 22.1 Å². The monoisotopic (exact) mass is 225 g/mol. The molecule has 15 heavy (non-hydrogen) atoms. The van der Waals surface area contributed by atoms with Crippen molar-refractivity contribution >= 4 is 11.6 Å². The minimum atomic E-state index is 0.605. The van der Waals surface area contributed by atoms with Crippen molar-refractivity contribution in [2.45, 2.75) is 32.1 Å². The average Bonchev–Trinajstić information content (AvgIpc) is 2.29. The zero-order chi connectivity index (χ0) is 10.5. The molecule has 0 N–H and O–H groups in total. The highest BCUT2D eigenvalue weighted by atomic mass is 35.5. The second-order valence-corrected chi connectivity index (χ2v) is 4.53. The van der Waals surface area contributed by atoms with Gasteiger partial charge < -0.3 is 4.74 Å². The Labute approximate surface area is 95.6 Å². The van der Waals surface area contributed by atoms with Crippen molar-refractivity contribution in [3.8, 4) is 5.75 Å². The Bertz CT molecular complexity index is 310. The first kappa shape index (κ1) is 10.7. The van der Waals surface area contributed by atoms with Crippen molar-refractivity contribution in [1.82, 2.24) is 4.98 Å². The van der Waals surface area contributed by atoms with E-state index in [0.29, 0.717) is 10.9 Å². The van der Waals surface area contributed by atoms with E-state index in [9.17, 15) is 0 Å². The third kappa shape index (κ3) is 3.10. The van der Waals surface area contributed by atoms with Crippen molar-refractivity contribution in [2.24, 2.45) is 5.92 Å². The van der Waals surface area contributed by atoms with Gasteiger partial charge in [0.05, 0.1) is 6.61 Å². The van der Waals surface area contributed by atoms with E-state index in [1.54, 1.807) is 12.4 Å². The molecule has 1 heterocycles. The van der Waals surface area contributed by atoms with Gasteiger partial charge in [0.1, 0.15) is 10.8 Å². The molecular weight excluding hydrogens is 210 g/mol. The number of rotatable bonds is 3. The molecule has 0 spiro atoms. The molecule has 3 heteroatoms. The van der Waals surface area contributed by atoms with E-state index in [4.69, 9.17) is 16.3 Å². The Morgan fingerprint density at radius 1 is 1.33 bits per heavy atom. The Morgan fingerprint density at radius 2 is 2.13 bits per heavy atom. The highest BCUT2D eigenvalue weighted by Gasteiger charge is 2.14. The van der Waals surface area contributed by atoms with Crippen LogP contribution in [0.2, 0.25) is 5.02 Å². The van der Waals surface area contributed by atoms with Gasteiger partial charge in [0.15, 0.2) is 0 Å². The third-order valence-corrected chi connectivity index (χ3v) is 3.22. The summed E-state index contributed by atoms with van der Waals surface area (Å²) >= 11 is 5.95. The van der Waals surface area contributed by atoms with Crippen LogP contribution in [0.3, 0.4) is 0 Å². The summed E-state index contributed by atoms with van der Waals surface area (Å²) in [7, 11) is 0. The number of ether oxygens (including phenoxy) is 1. The molecular formula is C12H16ClNO. The van der Waals surface area contributed by atoms with Gasteiger partial charge in [-0.05, 0) is 18.8 Å². The molecule has 0 aliphatic heterocycles. The van der Waals surface area contributed by atoms with Crippen molar-refractivity contribution in [3.05, 3.63) is 23.5 Å². The van der Waals surface area contributed by atoms with Crippen LogP contribution in [0.25, 0.3) is 0 Å². The first-order valence-electron chi connectivity index (χ1n) is 5.58. The molecule has 1 aliphatic carbocycles. The normalized spacial score (nSPS) is 17.7. The predicted octanol–water partition coefficient (Wildman–Crippen LogP) is 3.69. The summed E-state index contributed by atoms with van der Waals surface area (Å²) in [6.07, 6.45) is 9.99. The summed E-state index contributed by atoms with van der Waals surface area (Å²) in [5.74, 6) is 1.47. The van der Waals surface area contributed by atoms with Crippen LogP contribution in [-0.4, -0.2) is 11.6 Å². The molecule has 1 aliphatic rings. The van der Waals surface area contributed by atoms with Crippen LogP contribution in [0, 0.1) is 5.92 Å². The average molecular weight is 226 g/mol. The number of hydrogen-bond acceptors (Lipinski definition) is 2. The highest BCUT2D eigenvalue weighted by Crippen LogP contribution is 2.27. The lowest BCUT2D eigenvalue weighted by Gasteiger charge is -2.21. The second kappa shape index (κ2) is 5.36. The van der Waals surface area contributed by atoms with Gasteiger partial charge in [-0.2, -0.15) is 0 Å². The standard InChI is InChI=1S/C12H16ClNO/c13-11-8-14-7-6-12(11)15-9-10-4-2-1-3-5-10/h6-8,10H,1-5,9H2. The summed E-state index contributed by atoms with van der Waals surface area (Å²) in [6, 6.07) is 1.82. The van der Waals surface area contributed by atoms with Crippen LogP contribution in [-0.2, 0) is 0 Å². The lowest BCUT2D eigenvalue weighted by atomic mass is 9.90. The summed E-state index contributed by atoms with van der Waals surface area (Å²) < 4.78 is 5.70. The Balaban J connectivity index is 1.84. The van der Waals surface area contributed by atoms with Gasteiger partial charge in [0.25, 0.3) is 0 Å². The van der Waals surface area contributed by atoms with Crippen LogP contribution in [0.5, 0.6) is 5.75 Å². The lowest BCUT2D eigenvalue weighted by Crippen LogP contribution is -2.15. The van der Waals surface area contributed by atoms with Crippen LogP contribution < -0.4 is 4.74 Å². The van der Waals surface area contributed by atoms with Gasteiger partial charge >= 0.3 is 0 Å². The molecule has 0 saturated heterocycles. The molecule has 1 saturated carbocycles. The molecule has 1 aromatic rings. The number of aromatic nitrogens is 1. The fourth-order valence-corrected chi connectivity index (χ4v) is 2.21. The molecule has 1 aromatic heterocycles. The van der Waals surface area contributed by atoms with Crippen LogP contribution in [0.4, 0.5) is 0 Å². The second-order valence-electron chi connectivity index (χ2n) is 4.12. The number of halogens is 1. The predicted molar refractivity (Wildman–Crippen MR) is 61.3 cm³/mol. The fourth-order valence-electron chi connectivity index (χ4n) is 2.04. The maximum Gasteiger partial charge on any atom is 0.141 e. The first-order chi connectivity index (χ1) is 7.36. The molecule has 1 fully saturated rings. The van der Waals surface area contributed by atoms with Gasteiger partial charge in [0, 0.05) is 18.5 Å². The smallest absolute Gasteiger partial charge is 0.141 e. The Kier molecular flexibility index (Phi) is 3.84. The Hall–Kier alpha value is -0.760. The molecule has 2 nitrogen and oxygen atoms in total. The molecule has 0 aromatic carbocycles. The zero-order valence-corrected chi connectivity index (χ0v) is 9.54. The third-order valence-electron chi connectivity index (χ3n) is 2.93. The van der Waals surface area contributed by atoms with Gasteiger partial charge in [-0.15, -0.1) is 0 Å². The molecule has 0 unspecified atom stereocenters. The molecule has 0 atom stereocenters. The molecule has 82 valence electrons. The van der Waals surface area contributed by atoms with E-state index in [-0.39, 0.29) is 0 Å². The summed E-state index contributed by atoms with van der Waals surface area (Å²) in [4.78, 5) is 3.93. The number of pyridine rings is 1. The van der Waals surface area contributed by atoms with Gasteiger partial charge in [-0.1, -0.05) is 30.9 Å². The van der Waals surface area contributed by atoms with E-state index in [1.807, 2.05) is 6.07 Å². The van der Waals surface area contributed by atoms with Crippen molar-refractivity contribution in [2.75, 3.05) is 6.61 Å². The van der Waals surface area contributed by atoms with Crippen LogP contribution >= 0.6 is 11.6 Å². The molecule has 0 bridgehead atoms. The quantitative estimate of drug-likeness (QED) is 0.783. The highest BCUT2D eigenvalue weighted by molar-refractivity contribution is 6.31. The van der Waals surface area contributed by atoms with Gasteiger partial charge in [-0.25, -0.2) is 0 Å². The maximum absolute atomic E-state index is 5.95. The minimum Gasteiger partial charge on any atom is -0.492 e. The SMILES string of the molecule is Clc1cnccc1OCC1CCCCC1. The molecule has 2 rings (SSSR count). The van der Waals surface area contributed by atoms with E-state index in [1.165, 1.54) is 32.1 Å². The summed E-state index contributed by atoms with van der Waals surface area (Å²) in [5, 5.41) is 0.605. The van der Waals surface area contributed by atoms with E-state index in [2.05, 4.69) is 4.98 Å². The Morgan fingerprint density at radius 3 is 2.87 bits per heavy atom. The van der Waals surface area contributed by atoms with Crippen LogP contribution in [0.15, 0.2) is 18.5 Å². The van der Waals surface area contributed by atoms with Crippen LogP contribution in [0.1, 0.15) is 32.1 Å². The lowest BCUT2D eigenvalue weighted by molar-refractivity contribution is 0.209. The largest absolute Gasteiger partial charge is 0.492 e. The number of hydrogen-bond donors (Lipinski definition) is 0. The van der Waals surface area contributed by atoms with Gasteiger partial charge in [0.2, 0.25) is 0 Å². The van der Waals surface area contributed by atoms with Crippen molar-refractivity contribution in [3.63, 3.8) is 0 Å². The minimum absolute atomic E-state index is 0.605. The fraction of sp³-hybridized carbons (Fsp3) is 0.583. The van der Waals surface area contributed by atoms with E-state index in [0.717, 1.165) is 12.4 Å². The zero-order valence-electron chi connectivity index (χ0n) is 8.79. The molecule has 0 radical (unpaired) electrons.